The molecule has 0 bridgehead atoms. The van der Waals surface area contributed by atoms with E-state index in [1.165, 1.54) is 29.5 Å². The molecule has 2 aromatic carbocycles. The van der Waals surface area contributed by atoms with Crippen molar-refractivity contribution in [3.8, 4) is 0 Å². The lowest BCUT2D eigenvalue weighted by molar-refractivity contribution is -0.116. The van der Waals surface area contributed by atoms with Crippen LogP contribution in [0.1, 0.15) is 11.1 Å². The maximum absolute atomic E-state index is 13.0. The molecular weight excluding hydrogens is 259 g/mol. The molecule has 0 saturated carbocycles. The Morgan fingerprint density at radius 1 is 1.16 bits per heavy atom. The minimum Gasteiger partial charge on any atom is -0.298 e. The van der Waals surface area contributed by atoms with Gasteiger partial charge in [-0.1, -0.05) is 35.9 Å². The van der Waals surface area contributed by atoms with Gasteiger partial charge in [0.15, 0.2) is 0 Å². The van der Waals surface area contributed by atoms with Crippen LogP contribution in [0.15, 0.2) is 53.4 Å². The van der Waals surface area contributed by atoms with Crippen molar-refractivity contribution in [1.82, 2.24) is 0 Å². The first-order chi connectivity index (χ1) is 9.13. The van der Waals surface area contributed by atoms with Gasteiger partial charge in [0.05, 0.1) is 5.75 Å². The number of ketones is 1. The van der Waals surface area contributed by atoms with Crippen molar-refractivity contribution in [2.75, 3.05) is 5.75 Å². The third-order valence-corrected chi connectivity index (χ3v) is 3.77. The Morgan fingerprint density at radius 2 is 1.89 bits per heavy atom. The van der Waals surface area contributed by atoms with Gasteiger partial charge in [0.2, 0.25) is 0 Å². The number of carbonyl (C=O) groups excluding carboxylic acids is 1. The highest BCUT2D eigenvalue weighted by Gasteiger charge is 2.05. The average Bonchev–Trinajstić information content (AvgIpc) is 2.39. The molecule has 0 aliphatic heterocycles. The molecule has 19 heavy (non-hydrogen) atoms. The summed E-state index contributed by atoms with van der Waals surface area (Å²) in [4.78, 5) is 12.6. The Hall–Kier alpha value is -1.61. The third-order valence-electron chi connectivity index (χ3n) is 2.72. The molecule has 0 radical (unpaired) electrons. The molecule has 2 aromatic rings. The van der Waals surface area contributed by atoms with E-state index in [9.17, 15) is 9.18 Å². The van der Waals surface area contributed by atoms with Crippen LogP contribution in [-0.4, -0.2) is 11.5 Å². The van der Waals surface area contributed by atoms with Gasteiger partial charge in [-0.3, -0.25) is 4.79 Å². The van der Waals surface area contributed by atoms with Crippen molar-refractivity contribution in [2.45, 2.75) is 18.2 Å². The van der Waals surface area contributed by atoms with Crippen LogP contribution in [0.25, 0.3) is 0 Å². The molecule has 0 amide bonds. The van der Waals surface area contributed by atoms with Gasteiger partial charge in [0.1, 0.15) is 11.6 Å². The molecule has 0 N–H and O–H groups in total. The van der Waals surface area contributed by atoms with Crippen LogP contribution in [-0.2, 0) is 11.2 Å². The number of benzene rings is 2. The first-order valence-corrected chi connectivity index (χ1v) is 7.07. The molecule has 0 atom stereocenters. The summed E-state index contributed by atoms with van der Waals surface area (Å²) < 4.78 is 13.0. The lowest BCUT2D eigenvalue weighted by atomic mass is 10.1. The van der Waals surface area contributed by atoms with Gasteiger partial charge in [-0.2, -0.15) is 0 Å². The number of rotatable bonds is 5. The van der Waals surface area contributed by atoms with E-state index in [1.54, 1.807) is 6.07 Å². The summed E-state index contributed by atoms with van der Waals surface area (Å²) in [5, 5.41) is 0. The highest BCUT2D eigenvalue weighted by molar-refractivity contribution is 8.00. The molecular formula is C16H15FOS. The normalized spacial score (nSPS) is 10.4. The van der Waals surface area contributed by atoms with Gasteiger partial charge in [0, 0.05) is 11.3 Å². The van der Waals surface area contributed by atoms with Crippen LogP contribution in [0.5, 0.6) is 0 Å². The van der Waals surface area contributed by atoms with Crippen LogP contribution in [0, 0.1) is 12.7 Å². The fourth-order valence-corrected chi connectivity index (χ4v) is 2.51. The molecule has 0 heterocycles. The molecule has 0 saturated heterocycles. The molecule has 2 rings (SSSR count). The summed E-state index contributed by atoms with van der Waals surface area (Å²) in [5.74, 6) is 0.256. The van der Waals surface area contributed by atoms with Gasteiger partial charge in [-0.15, -0.1) is 11.8 Å². The lowest BCUT2D eigenvalue weighted by Crippen LogP contribution is -2.05. The van der Waals surface area contributed by atoms with E-state index in [4.69, 9.17) is 0 Å². The summed E-state index contributed by atoms with van der Waals surface area (Å²) in [6, 6.07) is 14.3. The van der Waals surface area contributed by atoms with E-state index in [-0.39, 0.29) is 11.6 Å². The zero-order valence-electron chi connectivity index (χ0n) is 10.7. The number of halogens is 1. The average molecular weight is 274 g/mol. The molecule has 0 fully saturated rings. The fourth-order valence-electron chi connectivity index (χ4n) is 1.71. The zero-order valence-corrected chi connectivity index (χ0v) is 11.5. The highest BCUT2D eigenvalue weighted by Crippen LogP contribution is 2.19. The molecule has 0 aliphatic rings. The van der Waals surface area contributed by atoms with Crippen LogP contribution in [0.3, 0.4) is 0 Å². The van der Waals surface area contributed by atoms with Gasteiger partial charge in [-0.05, 0) is 30.7 Å². The Labute approximate surface area is 116 Å². The van der Waals surface area contributed by atoms with Crippen molar-refractivity contribution < 1.29 is 9.18 Å². The number of aryl methyl sites for hydroxylation is 1. The predicted octanol–water partition coefficient (Wildman–Crippen LogP) is 4.04. The molecule has 0 aliphatic carbocycles. The van der Waals surface area contributed by atoms with Crippen LogP contribution in [0.4, 0.5) is 4.39 Å². The van der Waals surface area contributed by atoms with Gasteiger partial charge < -0.3 is 0 Å². The van der Waals surface area contributed by atoms with Gasteiger partial charge in [-0.25, -0.2) is 4.39 Å². The van der Waals surface area contributed by atoms with Crippen molar-refractivity contribution in [2.24, 2.45) is 0 Å². The maximum Gasteiger partial charge on any atom is 0.147 e. The Morgan fingerprint density at radius 3 is 2.58 bits per heavy atom. The minimum absolute atomic E-state index is 0.151. The standard InChI is InChI=1S/C16H15FOS/c1-12-5-7-13(8-6-12)9-15(18)11-19-16-4-2-3-14(17)10-16/h2-8,10H,9,11H2,1H3. The monoisotopic (exact) mass is 274 g/mol. The molecule has 0 aromatic heterocycles. The first kappa shape index (κ1) is 13.8. The second-order valence-electron chi connectivity index (χ2n) is 4.45. The van der Waals surface area contributed by atoms with Crippen LogP contribution < -0.4 is 0 Å². The smallest absolute Gasteiger partial charge is 0.147 e. The summed E-state index contributed by atoms with van der Waals surface area (Å²) in [7, 11) is 0. The summed E-state index contributed by atoms with van der Waals surface area (Å²) in [5.41, 5.74) is 2.21. The van der Waals surface area contributed by atoms with Crippen LogP contribution >= 0.6 is 11.8 Å². The molecule has 1 nitrogen and oxygen atoms in total. The number of hydrogen-bond acceptors (Lipinski definition) is 2. The van der Waals surface area contributed by atoms with Crippen molar-refractivity contribution in [3.05, 3.63) is 65.5 Å². The van der Waals surface area contributed by atoms with E-state index >= 15 is 0 Å². The summed E-state index contributed by atoms with van der Waals surface area (Å²) in [6.45, 7) is 2.02. The number of hydrogen-bond donors (Lipinski definition) is 0. The second-order valence-corrected chi connectivity index (χ2v) is 5.50. The predicted molar refractivity (Wildman–Crippen MR) is 77.0 cm³/mol. The molecule has 3 heteroatoms. The second kappa shape index (κ2) is 6.53. The molecule has 0 unspecified atom stereocenters. The number of Topliss-reactive ketones (excluding diaryl/α,β-unsaturated/α-hetero) is 1. The molecule has 0 spiro atoms. The zero-order chi connectivity index (χ0) is 13.7. The first-order valence-electron chi connectivity index (χ1n) is 6.09. The number of carbonyl (C=O) groups is 1. The van der Waals surface area contributed by atoms with E-state index < -0.39 is 0 Å². The van der Waals surface area contributed by atoms with Gasteiger partial charge in [0.25, 0.3) is 0 Å². The topological polar surface area (TPSA) is 17.1 Å². The van der Waals surface area contributed by atoms with E-state index in [1.807, 2.05) is 37.3 Å². The van der Waals surface area contributed by atoms with Gasteiger partial charge >= 0.3 is 0 Å². The fraction of sp³-hybridized carbons (Fsp3) is 0.188. The maximum atomic E-state index is 13.0. The van der Waals surface area contributed by atoms with Crippen molar-refractivity contribution in [3.63, 3.8) is 0 Å². The largest absolute Gasteiger partial charge is 0.298 e. The lowest BCUT2D eigenvalue weighted by Gasteiger charge is -2.03. The Balaban J connectivity index is 1.86. The summed E-state index contributed by atoms with van der Waals surface area (Å²) >= 11 is 1.38. The van der Waals surface area contributed by atoms with Crippen molar-refractivity contribution >= 4 is 17.5 Å². The van der Waals surface area contributed by atoms with Crippen molar-refractivity contribution in [1.29, 1.82) is 0 Å². The van der Waals surface area contributed by atoms with E-state index in [0.29, 0.717) is 12.2 Å². The van der Waals surface area contributed by atoms with Crippen LogP contribution in [0.2, 0.25) is 0 Å². The Bertz CT molecular complexity index is 563. The SMILES string of the molecule is Cc1ccc(CC(=O)CSc2cccc(F)c2)cc1. The summed E-state index contributed by atoms with van der Waals surface area (Å²) in [6.07, 6.45) is 0.433. The minimum atomic E-state index is -0.268. The highest BCUT2D eigenvalue weighted by atomic mass is 32.2. The quantitative estimate of drug-likeness (QED) is 0.765. The van der Waals surface area contributed by atoms with E-state index in [0.717, 1.165) is 10.5 Å². The van der Waals surface area contributed by atoms with E-state index in [2.05, 4.69) is 0 Å². The third kappa shape index (κ3) is 4.52. The Kier molecular flexibility index (Phi) is 4.74. The number of thioether (sulfide) groups is 1. The molecule has 98 valence electrons.